The van der Waals surface area contributed by atoms with Crippen LogP contribution in [-0.4, -0.2) is 9.97 Å². The molecule has 0 atom stereocenters. The Kier molecular flexibility index (Phi) is 3.67. The minimum atomic E-state index is 0.346. The summed E-state index contributed by atoms with van der Waals surface area (Å²) in [5.41, 5.74) is 6.96. The fourth-order valence-electron chi connectivity index (χ4n) is 2.06. The molecule has 18 heavy (non-hydrogen) atoms. The first-order valence-corrected chi connectivity index (χ1v) is 6.54. The van der Waals surface area contributed by atoms with E-state index in [1.54, 1.807) is 0 Å². The molecule has 0 saturated carbocycles. The molecule has 1 aromatic carbocycles. The van der Waals surface area contributed by atoms with Crippen molar-refractivity contribution < 1.29 is 0 Å². The predicted octanol–water partition coefficient (Wildman–Crippen LogP) is 4.12. The Hall–Kier alpha value is -1.41. The molecule has 0 amide bonds. The second-order valence-corrected chi connectivity index (χ2v) is 4.89. The molecule has 0 aliphatic rings. The monoisotopic (exact) mass is 260 g/mol. The van der Waals surface area contributed by atoms with Crippen LogP contribution in [-0.2, 0) is 5.88 Å². The zero-order valence-corrected chi connectivity index (χ0v) is 12.0. The molecule has 3 heteroatoms. The topological polar surface area (TPSA) is 25.8 Å². The van der Waals surface area contributed by atoms with Crippen LogP contribution in [0.3, 0.4) is 0 Å². The molecular formula is C15H17ClN2. The maximum absolute atomic E-state index is 5.83. The third-order valence-corrected chi connectivity index (χ3v) is 3.59. The van der Waals surface area contributed by atoms with Crippen LogP contribution in [0.5, 0.6) is 0 Å². The van der Waals surface area contributed by atoms with E-state index in [0.29, 0.717) is 11.7 Å². The van der Waals surface area contributed by atoms with Crippen molar-refractivity contribution in [3.63, 3.8) is 0 Å². The van der Waals surface area contributed by atoms with Crippen molar-refractivity contribution in [2.75, 3.05) is 0 Å². The predicted molar refractivity (Wildman–Crippen MR) is 76.0 cm³/mol. The lowest BCUT2D eigenvalue weighted by molar-refractivity contribution is 0.995. The molecule has 2 aromatic rings. The van der Waals surface area contributed by atoms with Crippen LogP contribution >= 0.6 is 11.6 Å². The lowest BCUT2D eigenvalue weighted by atomic mass is 9.96. The summed E-state index contributed by atoms with van der Waals surface area (Å²) >= 11 is 5.83. The number of benzene rings is 1. The number of hydrogen-bond acceptors (Lipinski definition) is 2. The van der Waals surface area contributed by atoms with E-state index in [1.807, 2.05) is 13.0 Å². The molecule has 1 aromatic heterocycles. The highest BCUT2D eigenvalue weighted by molar-refractivity contribution is 6.16. The van der Waals surface area contributed by atoms with Gasteiger partial charge >= 0.3 is 0 Å². The number of nitrogens with zero attached hydrogens (tertiary/aromatic N) is 2. The van der Waals surface area contributed by atoms with Crippen LogP contribution in [0, 0.1) is 27.7 Å². The van der Waals surface area contributed by atoms with Gasteiger partial charge in [0.15, 0.2) is 0 Å². The Morgan fingerprint density at radius 2 is 1.72 bits per heavy atom. The molecular weight excluding hydrogens is 244 g/mol. The van der Waals surface area contributed by atoms with Gasteiger partial charge in [0.25, 0.3) is 0 Å². The van der Waals surface area contributed by atoms with Crippen molar-refractivity contribution in [3.8, 4) is 11.3 Å². The fourth-order valence-corrected chi connectivity index (χ4v) is 2.18. The second kappa shape index (κ2) is 5.07. The van der Waals surface area contributed by atoms with Crippen LogP contribution in [0.1, 0.15) is 28.2 Å². The molecule has 0 unspecified atom stereocenters. The van der Waals surface area contributed by atoms with Gasteiger partial charge in [-0.15, -0.1) is 11.6 Å². The van der Waals surface area contributed by atoms with Gasteiger partial charge < -0.3 is 0 Å². The Balaban J connectivity index is 2.62. The molecule has 0 fully saturated rings. The normalized spacial score (nSPS) is 10.7. The van der Waals surface area contributed by atoms with E-state index in [-0.39, 0.29) is 0 Å². The van der Waals surface area contributed by atoms with Gasteiger partial charge in [-0.3, -0.25) is 0 Å². The van der Waals surface area contributed by atoms with Crippen molar-refractivity contribution >= 4 is 11.6 Å². The number of rotatable bonds is 2. The summed E-state index contributed by atoms with van der Waals surface area (Å²) in [4.78, 5) is 8.82. The maximum atomic E-state index is 5.83. The van der Waals surface area contributed by atoms with Crippen molar-refractivity contribution in [3.05, 3.63) is 46.4 Å². The van der Waals surface area contributed by atoms with E-state index in [0.717, 1.165) is 17.0 Å². The summed E-state index contributed by atoms with van der Waals surface area (Å²) < 4.78 is 0. The highest BCUT2D eigenvalue weighted by Crippen LogP contribution is 2.26. The molecule has 2 nitrogen and oxygen atoms in total. The minimum absolute atomic E-state index is 0.346. The molecule has 0 N–H and O–H groups in total. The van der Waals surface area contributed by atoms with Gasteiger partial charge in [0.05, 0.1) is 11.6 Å². The molecule has 2 rings (SSSR count). The third-order valence-electron chi connectivity index (χ3n) is 3.35. The van der Waals surface area contributed by atoms with E-state index in [1.165, 1.54) is 16.7 Å². The third kappa shape index (κ3) is 2.39. The Bertz CT molecular complexity index is 591. The molecule has 0 radical (unpaired) electrons. The molecule has 0 aliphatic heterocycles. The van der Waals surface area contributed by atoms with E-state index in [2.05, 4.69) is 42.9 Å². The van der Waals surface area contributed by atoms with Crippen molar-refractivity contribution in [2.24, 2.45) is 0 Å². The van der Waals surface area contributed by atoms with Gasteiger partial charge in [0.1, 0.15) is 5.82 Å². The van der Waals surface area contributed by atoms with Gasteiger partial charge in [-0.05, 0) is 50.5 Å². The molecule has 0 saturated heterocycles. The van der Waals surface area contributed by atoms with Crippen LogP contribution in [0.15, 0.2) is 18.2 Å². The second-order valence-electron chi connectivity index (χ2n) is 4.62. The maximum Gasteiger partial charge on any atom is 0.143 e. The minimum Gasteiger partial charge on any atom is -0.237 e. The smallest absolute Gasteiger partial charge is 0.143 e. The number of alkyl halides is 1. The number of aryl methyl sites for hydroxylation is 2. The Morgan fingerprint density at radius 1 is 1.00 bits per heavy atom. The SMILES string of the molecule is Cc1cc(-c2ccc(C)c(C)c2C)nc(CCl)n1. The van der Waals surface area contributed by atoms with Gasteiger partial charge in [0.2, 0.25) is 0 Å². The van der Waals surface area contributed by atoms with E-state index >= 15 is 0 Å². The van der Waals surface area contributed by atoms with Gasteiger partial charge in [-0.2, -0.15) is 0 Å². The molecule has 1 heterocycles. The first kappa shape index (κ1) is 13.0. The van der Waals surface area contributed by atoms with E-state index in [4.69, 9.17) is 11.6 Å². The number of aromatic nitrogens is 2. The van der Waals surface area contributed by atoms with Gasteiger partial charge in [-0.1, -0.05) is 12.1 Å². The summed E-state index contributed by atoms with van der Waals surface area (Å²) in [7, 11) is 0. The standard InChI is InChI=1S/C15H17ClN2/c1-9-5-6-13(12(4)11(9)3)14-7-10(2)17-15(8-16)18-14/h5-7H,8H2,1-4H3. The Morgan fingerprint density at radius 3 is 2.39 bits per heavy atom. The lowest BCUT2D eigenvalue weighted by Crippen LogP contribution is -1.99. The summed E-state index contributed by atoms with van der Waals surface area (Å²) in [5.74, 6) is 1.03. The van der Waals surface area contributed by atoms with Crippen LogP contribution in [0.2, 0.25) is 0 Å². The lowest BCUT2D eigenvalue weighted by Gasteiger charge is -2.11. The van der Waals surface area contributed by atoms with E-state index in [9.17, 15) is 0 Å². The molecule has 0 spiro atoms. The fraction of sp³-hybridized carbons (Fsp3) is 0.333. The average Bonchev–Trinajstić information content (AvgIpc) is 2.35. The first-order chi connectivity index (χ1) is 8.52. The van der Waals surface area contributed by atoms with Crippen LogP contribution in [0.25, 0.3) is 11.3 Å². The molecule has 94 valence electrons. The van der Waals surface area contributed by atoms with Crippen molar-refractivity contribution in [2.45, 2.75) is 33.6 Å². The molecule has 0 bridgehead atoms. The summed E-state index contributed by atoms with van der Waals surface area (Å²) in [5, 5.41) is 0. The average molecular weight is 261 g/mol. The first-order valence-electron chi connectivity index (χ1n) is 6.00. The largest absolute Gasteiger partial charge is 0.237 e. The van der Waals surface area contributed by atoms with Crippen molar-refractivity contribution in [1.29, 1.82) is 0 Å². The highest BCUT2D eigenvalue weighted by Gasteiger charge is 2.09. The summed E-state index contributed by atoms with van der Waals surface area (Å²) in [6.45, 7) is 8.37. The van der Waals surface area contributed by atoms with Crippen LogP contribution < -0.4 is 0 Å². The summed E-state index contributed by atoms with van der Waals surface area (Å²) in [6, 6.07) is 6.26. The van der Waals surface area contributed by atoms with Crippen molar-refractivity contribution in [1.82, 2.24) is 9.97 Å². The summed E-state index contributed by atoms with van der Waals surface area (Å²) in [6.07, 6.45) is 0. The van der Waals surface area contributed by atoms with Gasteiger partial charge in [-0.25, -0.2) is 9.97 Å². The highest BCUT2D eigenvalue weighted by atomic mass is 35.5. The van der Waals surface area contributed by atoms with E-state index < -0.39 is 0 Å². The zero-order chi connectivity index (χ0) is 13.3. The Labute approximate surface area is 113 Å². The van der Waals surface area contributed by atoms with Gasteiger partial charge in [0, 0.05) is 11.3 Å². The number of hydrogen-bond donors (Lipinski definition) is 0. The molecule has 0 aliphatic carbocycles. The zero-order valence-electron chi connectivity index (χ0n) is 11.2. The van der Waals surface area contributed by atoms with Crippen LogP contribution in [0.4, 0.5) is 0 Å². The quantitative estimate of drug-likeness (QED) is 0.760. The number of halogens is 1.